The van der Waals surface area contributed by atoms with Crippen molar-refractivity contribution < 1.29 is 4.74 Å². The summed E-state index contributed by atoms with van der Waals surface area (Å²) in [4.78, 5) is 1.15. The molecule has 0 saturated carbocycles. The van der Waals surface area contributed by atoms with E-state index in [9.17, 15) is 0 Å². The van der Waals surface area contributed by atoms with Crippen LogP contribution in [0.1, 0.15) is 19.3 Å². The highest BCUT2D eigenvalue weighted by Crippen LogP contribution is 2.30. The van der Waals surface area contributed by atoms with Crippen molar-refractivity contribution in [3.05, 3.63) is 22.7 Å². The molecule has 1 aliphatic rings. The fourth-order valence-electron chi connectivity index (χ4n) is 1.77. The number of hydrogen-bond acceptors (Lipinski definition) is 3. The van der Waals surface area contributed by atoms with Gasteiger partial charge in [-0.05, 0) is 37.5 Å². The molecule has 1 unspecified atom stereocenters. The average molecular weight is 302 g/mol. The van der Waals surface area contributed by atoms with Crippen LogP contribution >= 0.6 is 27.7 Å². The summed E-state index contributed by atoms with van der Waals surface area (Å²) >= 11 is 5.20. The molecule has 1 heterocycles. The van der Waals surface area contributed by atoms with Crippen LogP contribution in [-0.4, -0.2) is 18.5 Å². The van der Waals surface area contributed by atoms with Gasteiger partial charge in [-0.2, -0.15) is 0 Å². The molecule has 1 aromatic rings. The van der Waals surface area contributed by atoms with Crippen LogP contribution in [0.2, 0.25) is 0 Å². The highest BCUT2D eigenvalue weighted by Gasteiger charge is 2.14. The molecule has 2 N–H and O–H groups in total. The number of halogens is 1. The minimum Gasteiger partial charge on any atom is -0.398 e. The van der Waals surface area contributed by atoms with Gasteiger partial charge in [-0.3, -0.25) is 0 Å². The lowest BCUT2D eigenvalue weighted by molar-refractivity contribution is 0.0315. The molecule has 0 amide bonds. The number of nitrogens with two attached hydrogens (primary N) is 1. The first kappa shape index (κ1) is 12.3. The highest BCUT2D eigenvalue weighted by atomic mass is 79.9. The minimum atomic E-state index is 0.404. The fourth-order valence-corrected chi connectivity index (χ4v) is 3.17. The molecule has 1 saturated heterocycles. The van der Waals surface area contributed by atoms with Gasteiger partial charge in [0.05, 0.1) is 6.10 Å². The zero-order valence-corrected chi connectivity index (χ0v) is 11.5. The van der Waals surface area contributed by atoms with E-state index in [1.807, 2.05) is 12.1 Å². The van der Waals surface area contributed by atoms with E-state index in [2.05, 4.69) is 22.0 Å². The standard InChI is InChI=1S/C12H16BrNOS/c13-9-4-5-12(11(14)7-9)16-8-10-3-1-2-6-15-10/h4-5,7,10H,1-3,6,8,14H2. The van der Waals surface area contributed by atoms with Gasteiger partial charge in [-0.1, -0.05) is 15.9 Å². The number of thioether (sulfide) groups is 1. The summed E-state index contributed by atoms with van der Waals surface area (Å²) < 4.78 is 6.72. The molecule has 1 aliphatic heterocycles. The zero-order valence-electron chi connectivity index (χ0n) is 9.12. The van der Waals surface area contributed by atoms with Crippen molar-refractivity contribution in [1.29, 1.82) is 0 Å². The second kappa shape index (κ2) is 5.94. The lowest BCUT2D eigenvalue weighted by Crippen LogP contribution is -2.21. The van der Waals surface area contributed by atoms with E-state index in [0.717, 1.165) is 27.4 Å². The molecule has 88 valence electrons. The monoisotopic (exact) mass is 301 g/mol. The quantitative estimate of drug-likeness (QED) is 0.683. The van der Waals surface area contributed by atoms with Crippen LogP contribution in [0, 0.1) is 0 Å². The second-order valence-corrected chi connectivity index (χ2v) is 5.96. The lowest BCUT2D eigenvalue weighted by atomic mass is 10.1. The third-order valence-corrected chi connectivity index (χ3v) is 4.39. The third kappa shape index (κ3) is 3.40. The van der Waals surface area contributed by atoms with E-state index >= 15 is 0 Å². The van der Waals surface area contributed by atoms with Crippen molar-refractivity contribution in [1.82, 2.24) is 0 Å². The van der Waals surface area contributed by atoms with E-state index in [1.54, 1.807) is 11.8 Å². The minimum absolute atomic E-state index is 0.404. The van der Waals surface area contributed by atoms with Gasteiger partial charge in [-0.15, -0.1) is 11.8 Å². The Hall–Kier alpha value is -0.190. The summed E-state index contributed by atoms with van der Waals surface area (Å²) in [6.07, 6.45) is 4.09. The Morgan fingerprint density at radius 1 is 1.44 bits per heavy atom. The zero-order chi connectivity index (χ0) is 11.4. The molecule has 4 heteroatoms. The van der Waals surface area contributed by atoms with Gasteiger partial charge in [0.15, 0.2) is 0 Å². The Labute approximate surface area is 109 Å². The normalized spacial score (nSPS) is 20.9. The number of benzene rings is 1. The predicted octanol–water partition coefficient (Wildman–Crippen LogP) is 3.69. The lowest BCUT2D eigenvalue weighted by Gasteiger charge is -2.22. The van der Waals surface area contributed by atoms with E-state index in [1.165, 1.54) is 19.3 Å². The van der Waals surface area contributed by atoms with Gasteiger partial charge in [0.2, 0.25) is 0 Å². The fraction of sp³-hybridized carbons (Fsp3) is 0.500. The summed E-state index contributed by atoms with van der Waals surface area (Å²) in [6, 6.07) is 6.04. The third-order valence-electron chi connectivity index (χ3n) is 2.67. The second-order valence-electron chi connectivity index (χ2n) is 3.98. The molecule has 1 fully saturated rings. The van der Waals surface area contributed by atoms with Crippen LogP contribution in [0.5, 0.6) is 0 Å². The van der Waals surface area contributed by atoms with Crippen molar-refractivity contribution in [3.8, 4) is 0 Å². The van der Waals surface area contributed by atoms with Crippen LogP contribution in [0.4, 0.5) is 5.69 Å². The van der Waals surface area contributed by atoms with Gasteiger partial charge in [0, 0.05) is 27.4 Å². The number of rotatable bonds is 3. The van der Waals surface area contributed by atoms with Gasteiger partial charge in [0.1, 0.15) is 0 Å². The van der Waals surface area contributed by atoms with Crippen molar-refractivity contribution in [2.75, 3.05) is 18.1 Å². The van der Waals surface area contributed by atoms with Crippen molar-refractivity contribution >= 4 is 33.4 Å². The number of ether oxygens (including phenoxy) is 1. The van der Waals surface area contributed by atoms with Crippen LogP contribution in [-0.2, 0) is 4.74 Å². The van der Waals surface area contributed by atoms with Gasteiger partial charge in [0.25, 0.3) is 0 Å². The van der Waals surface area contributed by atoms with Crippen LogP contribution in [0.15, 0.2) is 27.6 Å². The van der Waals surface area contributed by atoms with E-state index in [0.29, 0.717) is 6.10 Å². The van der Waals surface area contributed by atoms with Crippen molar-refractivity contribution in [2.45, 2.75) is 30.3 Å². The summed E-state index contributed by atoms with van der Waals surface area (Å²) in [5, 5.41) is 0. The van der Waals surface area contributed by atoms with Crippen LogP contribution in [0.3, 0.4) is 0 Å². The molecule has 16 heavy (non-hydrogen) atoms. The number of hydrogen-bond donors (Lipinski definition) is 1. The molecule has 2 nitrogen and oxygen atoms in total. The van der Waals surface area contributed by atoms with Gasteiger partial charge >= 0.3 is 0 Å². The van der Waals surface area contributed by atoms with E-state index in [4.69, 9.17) is 10.5 Å². The maximum atomic E-state index is 5.95. The number of anilines is 1. The van der Waals surface area contributed by atoms with Crippen LogP contribution in [0.25, 0.3) is 0 Å². The molecular weight excluding hydrogens is 286 g/mol. The van der Waals surface area contributed by atoms with Crippen LogP contribution < -0.4 is 5.73 Å². The Balaban J connectivity index is 1.88. The molecule has 0 spiro atoms. The van der Waals surface area contributed by atoms with Gasteiger partial charge in [-0.25, -0.2) is 0 Å². The molecule has 0 radical (unpaired) electrons. The maximum absolute atomic E-state index is 5.95. The smallest absolute Gasteiger partial charge is 0.0669 e. The van der Waals surface area contributed by atoms with Gasteiger partial charge < -0.3 is 10.5 Å². The SMILES string of the molecule is Nc1cc(Br)ccc1SCC1CCCCO1. The molecule has 1 atom stereocenters. The average Bonchev–Trinajstić information content (AvgIpc) is 2.29. The predicted molar refractivity (Wildman–Crippen MR) is 72.9 cm³/mol. The Morgan fingerprint density at radius 2 is 2.31 bits per heavy atom. The molecule has 2 rings (SSSR count). The number of nitrogen functional groups attached to an aromatic ring is 1. The first-order valence-electron chi connectivity index (χ1n) is 5.55. The largest absolute Gasteiger partial charge is 0.398 e. The highest BCUT2D eigenvalue weighted by molar-refractivity contribution is 9.10. The Bertz CT molecular complexity index is 353. The maximum Gasteiger partial charge on any atom is 0.0669 e. The van der Waals surface area contributed by atoms with Crippen molar-refractivity contribution in [3.63, 3.8) is 0 Å². The molecule has 1 aromatic carbocycles. The first-order valence-corrected chi connectivity index (χ1v) is 7.33. The summed E-state index contributed by atoms with van der Waals surface area (Å²) in [5.74, 6) is 1.01. The molecule has 0 aromatic heterocycles. The Morgan fingerprint density at radius 3 is 3.00 bits per heavy atom. The Kier molecular flexibility index (Phi) is 4.55. The molecule has 0 bridgehead atoms. The van der Waals surface area contributed by atoms with Crippen molar-refractivity contribution in [2.24, 2.45) is 0 Å². The molecule has 0 aliphatic carbocycles. The summed E-state index contributed by atoms with van der Waals surface area (Å²) in [5.41, 5.74) is 6.79. The summed E-state index contributed by atoms with van der Waals surface area (Å²) in [6.45, 7) is 0.918. The van der Waals surface area contributed by atoms with E-state index in [-0.39, 0.29) is 0 Å². The topological polar surface area (TPSA) is 35.2 Å². The first-order chi connectivity index (χ1) is 7.75. The summed E-state index contributed by atoms with van der Waals surface area (Å²) in [7, 11) is 0. The molecular formula is C12H16BrNOS. The van der Waals surface area contributed by atoms with E-state index < -0.39 is 0 Å².